The molecule has 0 aliphatic rings. The van der Waals surface area contributed by atoms with Gasteiger partial charge in [0.05, 0.1) is 5.75 Å². The van der Waals surface area contributed by atoms with Crippen molar-refractivity contribution < 1.29 is 23.1 Å². The largest absolute Gasteiger partial charge is 0.480 e. The molecule has 0 fully saturated rings. The van der Waals surface area contributed by atoms with Gasteiger partial charge in [0.2, 0.25) is 10.0 Å². The molecule has 1 aromatic rings. The van der Waals surface area contributed by atoms with Crippen molar-refractivity contribution in [1.82, 2.24) is 5.32 Å². The lowest BCUT2D eigenvalue weighted by molar-refractivity contribution is -0.138. The molecule has 1 atom stereocenters. The molecule has 7 nitrogen and oxygen atoms in total. The summed E-state index contributed by atoms with van der Waals surface area (Å²) in [5.74, 6) is -2.00. The van der Waals surface area contributed by atoms with Crippen LogP contribution in [-0.2, 0) is 20.6 Å². The number of sulfonamides is 1. The smallest absolute Gasteiger partial charge is 0.325 e. The minimum absolute atomic E-state index is 0.242. The van der Waals surface area contributed by atoms with Crippen molar-refractivity contribution in [2.45, 2.75) is 18.7 Å². The summed E-state index contributed by atoms with van der Waals surface area (Å²) in [6.07, 6.45) is 0. The van der Waals surface area contributed by atoms with Crippen molar-refractivity contribution in [3.8, 4) is 0 Å². The highest BCUT2D eigenvalue weighted by molar-refractivity contribution is 7.88. The van der Waals surface area contributed by atoms with Gasteiger partial charge in [-0.1, -0.05) is 12.1 Å². The van der Waals surface area contributed by atoms with Crippen LogP contribution in [0.15, 0.2) is 24.3 Å². The fourth-order valence-electron chi connectivity index (χ4n) is 1.33. The lowest BCUT2D eigenvalue weighted by Gasteiger charge is -2.09. The predicted molar refractivity (Wildman–Crippen MR) is 67.8 cm³/mol. The Morgan fingerprint density at radius 1 is 1.32 bits per heavy atom. The number of hydrogen-bond acceptors (Lipinski definition) is 4. The van der Waals surface area contributed by atoms with E-state index >= 15 is 0 Å². The number of carboxylic acid groups (broad SMARTS) is 1. The molecular formula is C11H14N2O5S. The molecule has 0 saturated heterocycles. The van der Waals surface area contributed by atoms with Crippen molar-refractivity contribution in [2.75, 3.05) is 0 Å². The van der Waals surface area contributed by atoms with Gasteiger partial charge in [0.25, 0.3) is 5.91 Å². The number of primary sulfonamides is 1. The molecule has 0 aromatic heterocycles. The molecule has 0 bridgehead atoms. The number of amides is 1. The number of rotatable bonds is 5. The average molecular weight is 286 g/mol. The first-order chi connectivity index (χ1) is 8.69. The Labute approximate surface area is 110 Å². The first-order valence-corrected chi connectivity index (χ1v) is 7.03. The van der Waals surface area contributed by atoms with E-state index in [1.54, 1.807) is 0 Å². The van der Waals surface area contributed by atoms with Crippen LogP contribution in [0.5, 0.6) is 0 Å². The fraction of sp³-hybridized carbons (Fsp3) is 0.273. The highest BCUT2D eigenvalue weighted by Crippen LogP contribution is 2.07. The van der Waals surface area contributed by atoms with Gasteiger partial charge in [-0.05, 0) is 24.6 Å². The quantitative estimate of drug-likeness (QED) is 0.683. The summed E-state index contributed by atoms with van der Waals surface area (Å²) in [6.45, 7) is 1.34. The molecule has 8 heteroatoms. The van der Waals surface area contributed by atoms with E-state index in [0.717, 1.165) is 0 Å². The van der Waals surface area contributed by atoms with E-state index in [4.69, 9.17) is 10.2 Å². The van der Waals surface area contributed by atoms with Crippen LogP contribution in [0.1, 0.15) is 22.8 Å². The molecule has 104 valence electrons. The highest BCUT2D eigenvalue weighted by atomic mass is 32.2. The summed E-state index contributed by atoms with van der Waals surface area (Å²) in [6, 6.07) is 4.71. The summed E-state index contributed by atoms with van der Waals surface area (Å²) < 4.78 is 21.7. The van der Waals surface area contributed by atoms with Crippen molar-refractivity contribution in [2.24, 2.45) is 5.14 Å². The van der Waals surface area contributed by atoms with Crippen LogP contribution in [0.4, 0.5) is 0 Å². The van der Waals surface area contributed by atoms with E-state index in [1.807, 2.05) is 0 Å². The monoisotopic (exact) mass is 286 g/mol. The SMILES string of the molecule is CC(NC(=O)c1ccc(CS(N)(=O)=O)cc1)C(=O)O. The number of aliphatic carboxylic acids is 1. The van der Waals surface area contributed by atoms with Gasteiger partial charge in [0.1, 0.15) is 6.04 Å². The summed E-state index contributed by atoms with van der Waals surface area (Å²) in [4.78, 5) is 22.2. The van der Waals surface area contributed by atoms with Crippen LogP contribution in [0, 0.1) is 0 Å². The molecule has 1 unspecified atom stereocenters. The van der Waals surface area contributed by atoms with Crippen molar-refractivity contribution in [3.63, 3.8) is 0 Å². The molecular weight excluding hydrogens is 272 g/mol. The molecule has 1 aromatic carbocycles. The van der Waals surface area contributed by atoms with Crippen molar-refractivity contribution in [1.29, 1.82) is 0 Å². The van der Waals surface area contributed by atoms with Crippen molar-refractivity contribution in [3.05, 3.63) is 35.4 Å². The number of carboxylic acids is 1. The van der Waals surface area contributed by atoms with Gasteiger partial charge in [-0.2, -0.15) is 0 Å². The van der Waals surface area contributed by atoms with Gasteiger partial charge < -0.3 is 10.4 Å². The van der Waals surface area contributed by atoms with E-state index < -0.39 is 27.9 Å². The van der Waals surface area contributed by atoms with Crippen LogP contribution >= 0.6 is 0 Å². The van der Waals surface area contributed by atoms with Crippen LogP contribution in [0.25, 0.3) is 0 Å². The standard InChI is InChI=1S/C11H14N2O5S/c1-7(11(15)16)13-10(14)9-4-2-8(3-5-9)6-19(12,17)18/h2-5,7H,6H2,1H3,(H,13,14)(H,15,16)(H2,12,17,18). The van der Waals surface area contributed by atoms with Crippen LogP contribution in [0.2, 0.25) is 0 Å². The minimum Gasteiger partial charge on any atom is -0.480 e. The van der Waals surface area contributed by atoms with E-state index in [0.29, 0.717) is 5.56 Å². The lowest BCUT2D eigenvalue weighted by Crippen LogP contribution is -2.38. The zero-order valence-corrected chi connectivity index (χ0v) is 11.0. The Kier molecular flexibility index (Phi) is 4.62. The first-order valence-electron chi connectivity index (χ1n) is 5.32. The van der Waals surface area contributed by atoms with Crippen LogP contribution < -0.4 is 10.5 Å². The second kappa shape index (κ2) is 5.81. The van der Waals surface area contributed by atoms with E-state index in [9.17, 15) is 18.0 Å². The number of nitrogens with one attached hydrogen (secondary N) is 1. The summed E-state index contributed by atoms with van der Waals surface area (Å²) in [5, 5.41) is 15.8. The van der Waals surface area contributed by atoms with Gasteiger partial charge in [-0.15, -0.1) is 0 Å². The normalized spacial score (nSPS) is 12.7. The summed E-state index contributed by atoms with van der Waals surface area (Å²) >= 11 is 0. The van der Waals surface area contributed by atoms with Crippen molar-refractivity contribution >= 4 is 21.9 Å². The zero-order chi connectivity index (χ0) is 14.6. The Balaban J connectivity index is 2.76. The molecule has 0 heterocycles. The van der Waals surface area contributed by atoms with Crippen LogP contribution in [0.3, 0.4) is 0 Å². The molecule has 1 amide bonds. The van der Waals surface area contributed by atoms with Gasteiger partial charge in [-0.3, -0.25) is 9.59 Å². The van der Waals surface area contributed by atoms with Gasteiger partial charge in [0.15, 0.2) is 0 Å². The molecule has 0 aliphatic heterocycles. The molecule has 0 spiro atoms. The van der Waals surface area contributed by atoms with Gasteiger partial charge >= 0.3 is 5.97 Å². The maximum atomic E-state index is 11.6. The maximum Gasteiger partial charge on any atom is 0.325 e. The third-order valence-electron chi connectivity index (χ3n) is 2.30. The van der Waals surface area contributed by atoms with Gasteiger partial charge in [-0.25, -0.2) is 13.6 Å². The minimum atomic E-state index is -3.62. The average Bonchev–Trinajstić information content (AvgIpc) is 2.27. The third-order valence-corrected chi connectivity index (χ3v) is 3.04. The Morgan fingerprint density at radius 3 is 2.26 bits per heavy atom. The molecule has 0 aliphatic carbocycles. The van der Waals surface area contributed by atoms with E-state index in [-0.39, 0.29) is 11.3 Å². The Hall–Kier alpha value is -1.93. The summed E-state index contributed by atoms with van der Waals surface area (Å²) in [7, 11) is -3.62. The highest BCUT2D eigenvalue weighted by Gasteiger charge is 2.15. The second-order valence-corrected chi connectivity index (χ2v) is 5.65. The van der Waals surface area contributed by atoms with E-state index in [1.165, 1.54) is 31.2 Å². The zero-order valence-electron chi connectivity index (χ0n) is 10.2. The molecule has 19 heavy (non-hydrogen) atoms. The molecule has 4 N–H and O–H groups in total. The summed E-state index contributed by atoms with van der Waals surface area (Å²) in [5.41, 5.74) is 0.691. The van der Waals surface area contributed by atoms with E-state index in [2.05, 4.69) is 5.32 Å². The second-order valence-electron chi connectivity index (χ2n) is 4.04. The predicted octanol–water partition coefficient (Wildman–Crippen LogP) is -0.322. The lowest BCUT2D eigenvalue weighted by atomic mass is 10.1. The molecule has 0 saturated carbocycles. The van der Waals surface area contributed by atoms with Gasteiger partial charge in [0, 0.05) is 5.56 Å². The Morgan fingerprint density at radius 2 is 1.84 bits per heavy atom. The number of nitrogens with two attached hydrogens (primary N) is 1. The number of carbonyl (C=O) groups is 2. The number of carbonyl (C=O) groups excluding carboxylic acids is 1. The third kappa shape index (κ3) is 5.06. The first kappa shape index (κ1) is 15.1. The van der Waals surface area contributed by atoms with Crippen LogP contribution in [-0.4, -0.2) is 31.4 Å². The number of hydrogen-bond donors (Lipinski definition) is 3. The fourth-order valence-corrected chi connectivity index (χ4v) is 1.98. The Bertz CT molecular complexity index is 580. The molecule has 0 radical (unpaired) electrons. The topological polar surface area (TPSA) is 127 Å². The number of benzene rings is 1. The maximum absolute atomic E-state index is 11.6. The molecule has 1 rings (SSSR count).